The van der Waals surface area contributed by atoms with Crippen molar-refractivity contribution >= 4 is 6.09 Å². The molecule has 1 saturated carbocycles. The Bertz CT molecular complexity index is 207. The molecule has 0 aromatic heterocycles. The highest BCUT2D eigenvalue weighted by Crippen LogP contribution is 2.51. The van der Waals surface area contributed by atoms with E-state index in [1.807, 2.05) is 13.8 Å². The maximum atomic E-state index is 11.2. The third-order valence-corrected chi connectivity index (χ3v) is 3.04. The van der Waals surface area contributed by atoms with E-state index in [1.54, 1.807) is 0 Å². The number of carbonyl (C=O) groups excluding carboxylic acids is 1. The lowest BCUT2D eigenvalue weighted by Gasteiger charge is -2.20. The van der Waals surface area contributed by atoms with Gasteiger partial charge in [0.25, 0.3) is 0 Å². The molecule has 0 atom stereocenters. The van der Waals surface area contributed by atoms with Crippen LogP contribution < -0.4 is 5.32 Å². The van der Waals surface area contributed by atoms with Crippen LogP contribution in [-0.4, -0.2) is 18.7 Å². The Morgan fingerprint density at radius 2 is 1.93 bits per heavy atom. The molecule has 82 valence electrons. The number of alkyl carbamates (subject to hydrolysis) is 1. The fraction of sp³-hybridized carbons (Fsp3) is 0.909. The zero-order valence-electron chi connectivity index (χ0n) is 9.59. The van der Waals surface area contributed by atoms with Crippen LogP contribution in [0.15, 0.2) is 0 Å². The van der Waals surface area contributed by atoms with Gasteiger partial charge in [-0.2, -0.15) is 0 Å². The van der Waals surface area contributed by atoms with Gasteiger partial charge in [0.05, 0.1) is 6.10 Å². The Balaban J connectivity index is 2.24. The molecule has 1 fully saturated rings. The number of nitrogens with one attached hydrogen (secondary N) is 1. The lowest BCUT2D eigenvalue weighted by atomic mass is 9.92. The highest BCUT2D eigenvalue weighted by molar-refractivity contribution is 5.67. The van der Waals surface area contributed by atoms with Gasteiger partial charge in [-0.15, -0.1) is 0 Å². The van der Waals surface area contributed by atoms with Gasteiger partial charge in [-0.25, -0.2) is 4.79 Å². The van der Waals surface area contributed by atoms with Crippen molar-refractivity contribution in [3.63, 3.8) is 0 Å². The number of hydrogen-bond donors (Lipinski definition) is 1. The van der Waals surface area contributed by atoms with Crippen LogP contribution in [-0.2, 0) is 4.74 Å². The molecule has 3 nitrogen and oxygen atoms in total. The Hall–Kier alpha value is -0.730. The lowest BCUT2D eigenvalue weighted by molar-refractivity contribution is 0.112. The van der Waals surface area contributed by atoms with E-state index in [-0.39, 0.29) is 12.2 Å². The summed E-state index contributed by atoms with van der Waals surface area (Å²) in [5, 5.41) is 2.84. The molecule has 0 bridgehead atoms. The number of amides is 1. The van der Waals surface area contributed by atoms with Gasteiger partial charge in [0.2, 0.25) is 0 Å². The third kappa shape index (κ3) is 2.89. The average Bonchev–Trinajstić information content (AvgIpc) is 2.79. The van der Waals surface area contributed by atoms with Crippen molar-refractivity contribution < 1.29 is 9.53 Å². The Kier molecular flexibility index (Phi) is 3.40. The van der Waals surface area contributed by atoms with E-state index in [9.17, 15) is 4.79 Å². The van der Waals surface area contributed by atoms with E-state index >= 15 is 0 Å². The summed E-state index contributed by atoms with van der Waals surface area (Å²) >= 11 is 0. The van der Waals surface area contributed by atoms with Gasteiger partial charge in [-0.1, -0.05) is 13.8 Å². The summed E-state index contributed by atoms with van der Waals surface area (Å²) in [6, 6.07) is 0. The zero-order chi connectivity index (χ0) is 10.8. The molecule has 1 amide bonds. The molecule has 0 aromatic rings. The van der Waals surface area contributed by atoms with Crippen LogP contribution in [0.3, 0.4) is 0 Å². The van der Waals surface area contributed by atoms with E-state index in [0.29, 0.717) is 11.3 Å². The minimum Gasteiger partial charge on any atom is -0.447 e. The van der Waals surface area contributed by atoms with Gasteiger partial charge in [0.1, 0.15) is 0 Å². The van der Waals surface area contributed by atoms with Gasteiger partial charge in [-0.3, -0.25) is 0 Å². The number of hydrogen-bond acceptors (Lipinski definition) is 2. The first kappa shape index (κ1) is 11.3. The van der Waals surface area contributed by atoms with Crippen molar-refractivity contribution in [3.8, 4) is 0 Å². The molecule has 14 heavy (non-hydrogen) atoms. The standard InChI is InChI=1S/C11H21NO2/c1-8(2)11(5-6-11)7-12-10(13)14-9(3)4/h8-9H,5-7H2,1-4H3,(H,12,13). The van der Waals surface area contributed by atoms with Crippen molar-refractivity contribution in [1.82, 2.24) is 5.32 Å². The predicted molar refractivity (Wildman–Crippen MR) is 56.1 cm³/mol. The Morgan fingerprint density at radius 3 is 2.29 bits per heavy atom. The van der Waals surface area contributed by atoms with Crippen molar-refractivity contribution in [2.75, 3.05) is 6.54 Å². The minimum absolute atomic E-state index is 0.0378. The van der Waals surface area contributed by atoms with Crippen LogP contribution in [0.2, 0.25) is 0 Å². The zero-order valence-corrected chi connectivity index (χ0v) is 9.59. The molecule has 0 radical (unpaired) electrons. The fourth-order valence-electron chi connectivity index (χ4n) is 1.62. The van der Waals surface area contributed by atoms with Gasteiger partial charge in [0, 0.05) is 6.54 Å². The Labute approximate surface area is 86.2 Å². The second kappa shape index (κ2) is 4.20. The van der Waals surface area contributed by atoms with E-state index in [1.165, 1.54) is 12.8 Å². The highest BCUT2D eigenvalue weighted by Gasteiger charge is 2.45. The largest absolute Gasteiger partial charge is 0.447 e. The van der Waals surface area contributed by atoms with Gasteiger partial charge >= 0.3 is 6.09 Å². The van der Waals surface area contributed by atoms with Crippen molar-refractivity contribution in [1.29, 1.82) is 0 Å². The van der Waals surface area contributed by atoms with Gasteiger partial charge in [0.15, 0.2) is 0 Å². The summed E-state index contributed by atoms with van der Waals surface area (Å²) < 4.78 is 5.00. The van der Waals surface area contributed by atoms with Crippen LogP contribution in [0.1, 0.15) is 40.5 Å². The fourth-order valence-corrected chi connectivity index (χ4v) is 1.62. The van der Waals surface area contributed by atoms with E-state index < -0.39 is 0 Å². The second-order valence-corrected chi connectivity index (χ2v) is 4.82. The molecule has 1 aliphatic carbocycles. The molecule has 1 N–H and O–H groups in total. The summed E-state index contributed by atoms with van der Waals surface area (Å²) in [6.07, 6.45) is 2.13. The molecular weight excluding hydrogens is 178 g/mol. The van der Waals surface area contributed by atoms with Crippen molar-refractivity contribution in [3.05, 3.63) is 0 Å². The van der Waals surface area contributed by atoms with Gasteiger partial charge < -0.3 is 10.1 Å². The normalized spacial score (nSPS) is 18.4. The highest BCUT2D eigenvalue weighted by atomic mass is 16.6. The second-order valence-electron chi connectivity index (χ2n) is 4.82. The molecular formula is C11H21NO2. The Morgan fingerprint density at radius 1 is 1.36 bits per heavy atom. The van der Waals surface area contributed by atoms with E-state index in [0.717, 1.165) is 6.54 Å². The summed E-state index contributed by atoms with van der Waals surface area (Å²) in [5.74, 6) is 0.641. The summed E-state index contributed by atoms with van der Waals surface area (Å²) in [5.41, 5.74) is 0.357. The van der Waals surface area contributed by atoms with E-state index in [2.05, 4.69) is 19.2 Å². The first-order valence-electron chi connectivity index (χ1n) is 5.41. The molecule has 1 rings (SSSR count). The molecule has 0 saturated heterocycles. The molecule has 0 aliphatic heterocycles. The number of rotatable bonds is 4. The van der Waals surface area contributed by atoms with E-state index in [4.69, 9.17) is 4.74 Å². The molecule has 3 heteroatoms. The topological polar surface area (TPSA) is 38.3 Å². The SMILES string of the molecule is CC(C)OC(=O)NCC1(C(C)C)CC1. The van der Waals surface area contributed by atoms with Gasteiger partial charge in [-0.05, 0) is 38.0 Å². The molecule has 0 aromatic carbocycles. The summed E-state index contributed by atoms with van der Waals surface area (Å²) in [6.45, 7) is 8.89. The minimum atomic E-state index is -0.285. The van der Waals surface area contributed by atoms with Crippen LogP contribution in [0.25, 0.3) is 0 Å². The average molecular weight is 199 g/mol. The molecule has 1 aliphatic rings. The quantitative estimate of drug-likeness (QED) is 0.755. The van der Waals surface area contributed by atoms with Crippen LogP contribution in [0, 0.1) is 11.3 Å². The van der Waals surface area contributed by atoms with Crippen LogP contribution in [0.5, 0.6) is 0 Å². The lowest BCUT2D eigenvalue weighted by Crippen LogP contribution is -2.34. The first-order valence-corrected chi connectivity index (χ1v) is 5.41. The molecule has 0 heterocycles. The first-order chi connectivity index (χ1) is 6.46. The maximum Gasteiger partial charge on any atom is 0.407 e. The number of ether oxygens (including phenoxy) is 1. The van der Waals surface area contributed by atoms with Crippen LogP contribution >= 0.6 is 0 Å². The number of carbonyl (C=O) groups is 1. The van der Waals surface area contributed by atoms with Crippen LogP contribution in [0.4, 0.5) is 4.79 Å². The van der Waals surface area contributed by atoms with Crippen molar-refractivity contribution in [2.24, 2.45) is 11.3 Å². The maximum absolute atomic E-state index is 11.2. The predicted octanol–water partition coefficient (Wildman–Crippen LogP) is 2.56. The van der Waals surface area contributed by atoms with Crippen molar-refractivity contribution in [2.45, 2.75) is 46.6 Å². The summed E-state index contributed by atoms with van der Waals surface area (Å²) in [7, 11) is 0. The monoisotopic (exact) mass is 199 g/mol. The third-order valence-electron chi connectivity index (χ3n) is 3.04. The summed E-state index contributed by atoms with van der Waals surface area (Å²) in [4.78, 5) is 11.2. The molecule has 0 unspecified atom stereocenters. The molecule has 0 spiro atoms. The smallest absolute Gasteiger partial charge is 0.407 e.